The van der Waals surface area contributed by atoms with Gasteiger partial charge in [-0.3, -0.25) is 4.79 Å². The number of hydrogen-bond acceptors (Lipinski definition) is 1. The highest BCUT2D eigenvalue weighted by atomic mass is 79.9. The molecule has 1 aliphatic heterocycles. The third-order valence-corrected chi connectivity index (χ3v) is 3.41. The van der Waals surface area contributed by atoms with Crippen LogP contribution in [0.4, 0.5) is 0 Å². The first-order valence-electron chi connectivity index (χ1n) is 4.76. The van der Waals surface area contributed by atoms with Gasteiger partial charge in [-0.1, -0.05) is 46.3 Å². The average Bonchev–Trinajstić information content (AvgIpc) is 2.55. The summed E-state index contributed by atoms with van der Waals surface area (Å²) in [6, 6.07) is 9.91. The Morgan fingerprint density at radius 3 is 2.56 bits per heavy atom. The van der Waals surface area contributed by atoms with Gasteiger partial charge in [0.15, 0.2) is 0 Å². The van der Waals surface area contributed by atoms with E-state index in [-0.39, 0.29) is 5.91 Å². The van der Waals surface area contributed by atoms with Crippen LogP contribution < -0.4 is 0 Å². The van der Waals surface area contributed by atoms with Crippen LogP contribution in [0.1, 0.15) is 5.56 Å². The molecule has 0 aromatic heterocycles. The normalized spacial score (nSPS) is 18.1. The first-order chi connectivity index (χ1) is 7.72. The second kappa shape index (κ2) is 4.97. The largest absolute Gasteiger partial charge is 0.303 e. The van der Waals surface area contributed by atoms with Gasteiger partial charge in [0.1, 0.15) is 0 Å². The lowest BCUT2D eigenvalue weighted by atomic mass is 10.2. The van der Waals surface area contributed by atoms with E-state index < -0.39 is 0 Å². The molecule has 1 aromatic carbocycles. The van der Waals surface area contributed by atoms with E-state index in [0.29, 0.717) is 6.54 Å². The van der Waals surface area contributed by atoms with Crippen molar-refractivity contribution in [3.8, 4) is 0 Å². The maximum atomic E-state index is 11.7. The van der Waals surface area contributed by atoms with Crippen molar-refractivity contribution >= 4 is 37.8 Å². The Morgan fingerprint density at radius 1 is 1.25 bits per heavy atom. The van der Waals surface area contributed by atoms with Gasteiger partial charge in [0.2, 0.25) is 0 Å². The molecule has 1 aromatic rings. The monoisotopic (exact) mass is 341 g/mol. The molecule has 16 heavy (non-hydrogen) atoms. The maximum Gasteiger partial charge on any atom is 0.252 e. The van der Waals surface area contributed by atoms with Gasteiger partial charge < -0.3 is 4.90 Å². The summed E-state index contributed by atoms with van der Waals surface area (Å²) >= 11 is 6.63. The van der Waals surface area contributed by atoms with Crippen LogP contribution in [0, 0.1) is 0 Å². The average molecular weight is 343 g/mol. The molecule has 82 valence electrons. The van der Waals surface area contributed by atoms with E-state index in [4.69, 9.17) is 0 Å². The van der Waals surface area contributed by atoms with Gasteiger partial charge in [-0.25, -0.2) is 0 Å². The summed E-state index contributed by atoms with van der Waals surface area (Å²) in [5, 5.41) is 0. The lowest BCUT2D eigenvalue weighted by Gasteiger charge is -2.18. The molecule has 1 heterocycles. The van der Waals surface area contributed by atoms with E-state index in [1.807, 2.05) is 30.3 Å². The number of amides is 1. The molecular weight excluding hydrogens is 334 g/mol. The molecule has 0 saturated heterocycles. The number of carbonyl (C=O) groups is 1. The van der Waals surface area contributed by atoms with Crippen LogP contribution in [0.2, 0.25) is 0 Å². The van der Waals surface area contributed by atoms with Crippen LogP contribution in [0.25, 0.3) is 0 Å². The number of carbonyl (C=O) groups excluding carboxylic acids is 1. The summed E-state index contributed by atoms with van der Waals surface area (Å²) in [6.45, 7) is 0.586. The highest BCUT2D eigenvalue weighted by Crippen LogP contribution is 2.30. The van der Waals surface area contributed by atoms with E-state index in [0.717, 1.165) is 15.7 Å². The summed E-state index contributed by atoms with van der Waals surface area (Å²) in [5.74, 6) is 0.00132. The Labute approximate surface area is 111 Å². The molecule has 0 aliphatic carbocycles. The lowest BCUT2D eigenvalue weighted by molar-refractivity contribution is -0.123. The third-order valence-electron chi connectivity index (χ3n) is 2.34. The molecule has 0 fully saturated rings. The standard InChI is InChI=1S/C12H9Br2NO/c13-7-11-10(14)6-12(16)15(11)8-9-4-2-1-3-5-9/h1-7H,8H2/b11-7-. The Bertz CT molecular complexity index is 465. The molecule has 0 spiro atoms. The van der Waals surface area contributed by atoms with E-state index >= 15 is 0 Å². The van der Waals surface area contributed by atoms with Crippen LogP contribution in [-0.2, 0) is 11.3 Å². The Balaban J connectivity index is 2.21. The topological polar surface area (TPSA) is 20.3 Å². The first-order valence-corrected chi connectivity index (χ1v) is 6.46. The third kappa shape index (κ3) is 2.28. The molecular formula is C12H9Br2NO. The SMILES string of the molecule is O=C1C=C(Br)/C(=C/Br)N1Cc1ccccc1. The molecule has 0 saturated carbocycles. The lowest BCUT2D eigenvalue weighted by Crippen LogP contribution is -2.23. The predicted molar refractivity (Wildman–Crippen MR) is 71.0 cm³/mol. The highest BCUT2D eigenvalue weighted by Gasteiger charge is 2.25. The number of allylic oxidation sites excluding steroid dienone is 1. The van der Waals surface area contributed by atoms with E-state index in [1.165, 1.54) is 0 Å². The minimum Gasteiger partial charge on any atom is -0.303 e. The van der Waals surface area contributed by atoms with Gasteiger partial charge in [-0.2, -0.15) is 0 Å². The van der Waals surface area contributed by atoms with Crippen LogP contribution >= 0.6 is 31.9 Å². The van der Waals surface area contributed by atoms with Crippen molar-refractivity contribution < 1.29 is 4.79 Å². The van der Waals surface area contributed by atoms with Crippen LogP contribution in [0.3, 0.4) is 0 Å². The van der Waals surface area contributed by atoms with Gasteiger partial charge in [0.25, 0.3) is 5.91 Å². The van der Waals surface area contributed by atoms with E-state index in [1.54, 1.807) is 16.0 Å². The number of hydrogen-bond donors (Lipinski definition) is 0. The zero-order valence-corrected chi connectivity index (χ0v) is 11.5. The van der Waals surface area contributed by atoms with Crippen molar-refractivity contribution in [2.75, 3.05) is 0 Å². The minimum absolute atomic E-state index is 0.00132. The first kappa shape index (κ1) is 11.6. The molecule has 2 rings (SSSR count). The van der Waals surface area contributed by atoms with Gasteiger partial charge in [-0.15, -0.1) is 0 Å². The van der Waals surface area contributed by atoms with Crippen molar-refractivity contribution in [2.24, 2.45) is 0 Å². The van der Waals surface area contributed by atoms with Gasteiger partial charge in [-0.05, 0) is 21.5 Å². The maximum absolute atomic E-state index is 11.7. The smallest absolute Gasteiger partial charge is 0.252 e. The molecule has 4 heteroatoms. The number of halogens is 2. The molecule has 0 radical (unpaired) electrons. The van der Waals surface area contributed by atoms with E-state index in [9.17, 15) is 4.79 Å². The molecule has 0 N–H and O–H groups in total. The second-order valence-corrected chi connectivity index (χ2v) is 4.71. The van der Waals surface area contributed by atoms with Gasteiger partial charge in [0, 0.05) is 15.5 Å². The summed E-state index contributed by atoms with van der Waals surface area (Å²) in [5.41, 5.74) is 1.96. The molecule has 1 aliphatic rings. The second-order valence-electron chi connectivity index (χ2n) is 3.40. The molecule has 0 atom stereocenters. The molecule has 0 unspecified atom stereocenters. The van der Waals surface area contributed by atoms with Crippen LogP contribution in [0.15, 0.2) is 51.6 Å². The van der Waals surface area contributed by atoms with Crippen LogP contribution in [-0.4, -0.2) is 10.8 Å². The van der Waals surface area contributed by atoms with E-state index in [2.05, 4.69) is 31.9 Å². The fourth-order valence-corrected chi connectivity index (χ4v) is 2.87. The predicted octanol–water partition coefficient (Wildman–Crippen LogP) is 3.54. The Morgan fingerprint density at radius 2 is 1.94 bits per heavy atom. The van der Waals surface area contributed by atoms with Crippen molar-refractivity contribution in [3.05, 3.63) is 57.1 Å². The summed E-state index contributed by atoms with van der Waals surface area (Å²) in [6.07, 6.45) is 1.58. The van der Waals surface area contributed by atoms with Gasteiger partial charge in [0.05, 0.1) is 12.2 Å². The van der Waals surface area contributed by atoms with Crippen molar-refractivity contribution in [1.29, 1.82) is 0 Å². The van der Waals surface area contributed by atoms with Gasteiger partial charge >= 0.3 is 0 Å². The Kier molecular flexibility index (Phi) is 3.61. The van der Waals surface area contributed by atoms with Crippen molar-refractivity contribution in [3.63, 3.8) is 0 Å². The van der Waals surface area contributed by atoms with Crippen molar-refractivity contribution in [1.82, 2.24) is 4.90 Å². The van der Waals surface area contributed by atoms with Crippen molar-refractivity contribution in [2.45, 2.75) is 6.54 Å². The fraction of sp³-hybridized carbons (Fsp3) is 0.0833. The highest BCUT2D eigenvalue weighted by molar-refractivity contribution is 9.12. The number of benzene rings is 1. The Hall–Kier alpha value is -0.870. The summed E-state index contributed by atoms with van der Waals surface area (Å²) in [4.78, 5) is 15.2. The summed E-state index contributed by atoms with van der Waals surface area (Å²) < 4.78 is 0.810. The zero-order chi connectivity index (χ0) is 11.5. The zero-order valence-electron chi connectivity index (χ0n) is 8.36. The summed E-state index contributed by atoms with van der Waals surface area (Å²) in [7, 11) is 0. The number of rotatable bonds is 2. The number of nitrogens with zero attached hydrogens (tertiary/aromatic N) is 1. The van der Waals surface area contributed by atoms with Crippen LogP contribution in [0.5, 0.6) is 0 Å². The quantitative estimate of drug-likeness (QED) is 0.805. The minimum atomic E-state index is 0.00132. The molecule has 0 bridgehead atoms. The molecule has 2 nitrogen and oxygen atoms in total. The molecule has 1 amide bonds. The fourth-order valence-electron chi connectivity index (χ4n) is 1.55.